The van der Waals surface area contributed by atoms with Crippen molar-refractivity contribution < 1.29 is 59.1 Å². The van der Waals surface area contributed by atoms with Gasteiger partial charge in [-0.05, 0) is 0 Å². The Hall–Kier alpha value is 2.62. The van der Waals surface area contributed by atoms with E-state index in [0.29, 0.717) is 0 Å². The van der Waals surface area contributed by atoms with E-state index in [1.165, 1.54) is 0 Å². The monoisotopic (exact) mass is 312 g/mol. The van der Waals surface area contributed by atoms with Crippen LogP contribution in [-0.2, 0) is 42.4 Å². The van der Waals surface area contributed by atoms with Crippen LogP contribution in [0.2, 0.25) is 0 Å². The van der Waals surface area contributed by atoms with Crippen LogP contribution in [0.25, 0.3) is 0 Å². The van der Waals surface area contributed by atoms with Gasteiger partial charge in [0.15, 0.2) is 0 Å². The predicted octanol–water partition coefficient (Wildman–Crippen LogP) is -6.00. The van der Waals surface area contributed by atoms with Gasteiger partial charge in [0.05, 0.1) is 0 Å². The van der Waals surface area contributed by atoms with Gasteiger partial charge in [-0.1, -0.05) is 0 Å². The molecule has 0 aliphatic rings. The van der Waals surface area contributed by atoms with Crippen molar-refractivity contribution in [3.8, 4) is 0 Å². The van der Waals surface area contributed by atoms with E-state index in [0.717, 1.165) is 0 Å². The molecule has 0 radical (unpaired) electrons. The zero-order chi connectivity index (χ0) is 9.00. The van der Waals surface area contributed by atoms with Gasteiger partial charge in [-0.3, -0.25) is 0 Å². The molecule has 0 aromatic carbocycles. The van der Waals surface area contributed by atoms with Crippen LogP contribution in [0.5, 0.6) is 0 Å². The van der Waals surface area contributed by atoms with E-state index in [9.17, 15) is 0 Å². The quantitative estimate of drug-likeness (QED) is 0.399. The van der Waals surface area contributed by atoms with E-state index in [-0.39, 0.29) is 75.5 Å². The number of hydrogen-bond donors (Lipinski definition) is 0. The molecule has 0 saturated heterocycles. The molecule has 0 amide bonds. The average molecular weight is 312 g/mol. The maximum absolute atomic E-state index is 8.59. The van der Waals surface area contributed by atoms with E-state index in [4.69, 9.17) is 31.8 Å². The summed E-state index contributed by atoms with van der Waals surface area (Å²) in [6, 6.07) is 0. The van der Waals surface area contributed by atoms with Gasteiger partial charge >= 0.3 is 135 Å². The molecule has 0 spiro atoms. The van der Waals surface area contributed by atoms with Crippen LogP contribution < -0.4 is 16.6 Å². The molecular formula is Ca2Cr2O8. The molecular weight excluding hydrogens is 312 g/mol. The molecule has 8 nitrogen and oxygen atoms in total. The zero-order valence-electron chi connectivity index (χ0n) is 5.50. The standard InChI is InChI=1S/2Ca.2Cr.8O/q2*+2;;;;;;;4*-1. The molecule has 0 aliphatic heterocycles. The van der Waals surface area contributed by atoms with Gasteiger partial charge in [-0.25, -0.2) is 0 Å². The first-order chi connectivity index (χ1) is 4.00. The molecule has 0 atom stereocenters. The first kappa shape index (κ1) is 24.0. The van der Waals surface area contributed by atoms with E-state index >= 15 is 0 Å². The molecule has 12 heteroatoms. The fourth-order valence-corrected chi connectivity index (χ4v) is 0. The summed E-state index contributed by atoms with van der Waals surface area (Å²) >= 11 is -11.5. The predicted molar refractivity (Wildman–Crippen MR) is 14.3 cm³/mol. The summed E-state index contributed by atoms with van der Waals surface area (Å²) in [5.74, 6) is 0. The second kappa shape index (κ2) is 10.2. The Morgan fingerprint density at radius 2 is 0.583 bits per heavy atom. The van der Waals surface area contributed by atoms with Gasteiger partial charge in [0.2, 0.25) is 0 Å². The van der Waals surface area contributed by atoms with Crippen LogP contribution in [-0.4, -0.2) is 75.5 Å². The van der Waals surface area contributed by atoms with Gasteiger partial charge < -0.3 is 0 Å². The molecule has 0 N–H and O–H groups in total. The fourth-order valence-electron chi connectivity index (χ4n) is 0. The summed E-state index contributed by atoms with van der Waals surface area (Å²) in [4.78, 5) is 0. The van der Waals surface area contributed by atoms with Crippen molar-refractivity contribution in [3.63, 3.8) is 0 Å². The summed E-state index contributed by atoms with van der Waals surface area (Å²) in [7, 11) is 0. The molecule has 0 aliphatic carbocycles. The fraction of sp³-hybridized carbons (Fsp3) is 0. The molecule has 64 valence electrons. The van der Waals surface area contributed by atoms with E-state index in [1.807, 2.05) is 0 Å². The van der Waals surface area contributed by atoms with Crippen LogP contribution in [0, 0.1) is 0 Å². The Morgan fingerprint density at radius 1 is 0.583 bits per heavy atom. The second-order valence-electron chi connectivity index (χ2n) is 0.816. The Bertz CT molecular complexity index is 211. The molecule has 0 rings (SSSR count). The van der Waals surface area contributed by atoms with Crippen molar-refractivity contribution in [2.24, 2.45) is 0 Å². The summed E-state index contributed by atoms with van der Waals surface area (Å²) in [5, 5.41) is 0. The zero-order valence-corrected chi connectivity index (χ0v) is 12.5. The van der Waals surface area contributed by atoms with Crippen LogP contribution in [0.3, 0.4) is 0 Å². The number of rotatable bonds is 0. The van der Waals surface area contributed by atoms with E-state index in [2.05, 4.69) is 0 Å². The van der Waals surface area contributed by atoms with Gasteiger partial charge in [0.25, 0.3) is 0 Å². The van der Waals surface area contributed by atoms with Crippen LogP contribution >= 0.6 is 0 Å². The van der Waals surface area contributed by atoms with E-state index < -0.39 is 27.2 Å². The molecule has 0 aromatic rings. The Kier molecular flexibility index (Phi) is 20.3. The second-order valence-corrected chi connectivity index (χ2v) is 3.37. The molecule has 0 unspecified atom stereocenters. The minimum atomic E-state index is -5.75. The molecule has 0 aromatic heterocycles. The van der Waals surface area contributed by atoms with Crippen molar-refractivity contribution >= 4 is 75.5 Å². The van der Waals surface area contributed by atoms with Gasteiger partial charge in [0.1, 0.15) is 0 Å². The Morgan fingerprint density at radius 3 is 0.583 bits per heavy atom. The first-order valence-corrected chi connectivity index (χ1v) is 5.50. The van der Waals surface area contributed by atoms with Crippen LogP contribution in [0.15, 0.2) is 0 Å². The molecule has 0 bridgehead atoms. The maximum atomic E-state index is 8.59. The molecule has 0 saturated carbocycles. The van der Waals surface area contributed by atoms with E-state index in [1.54, 1.807) is 0 Å². The third kappa shape index (κ3) is 248. The third-order valence-corrected chi connectivity index (χ3v) is 0. The third-order valence-electron chi connectivity index (χ3n) is 0. The Balaban J connectivity index is -0.0000000457. The van der Waals surface area contributed by atoms with Crippen molar-refractivity contribution in [1.82, 2.24) is 0 Å². The van der Waals surface area contributed by atoms with Gasteiger partial charge in [-0.15, -0.1) is 0 Å². The normalized spacial score (nSPS) is 9.67. The first-order valence-electron chi connectivity index (χ1n) is 1.33. The van der Waals surface area contributed by atoms with Crippen molar-refractivity contribution in [1.29, 1.82) is 0 Å². The Labute approximate surface area is 132 Å². The summed E-state index contributed by atoms with van der Waals surface area (Å²) in [6.07, 6.45) is 0. The van der Waals surface area contributed by atoms with Crippen molar-refractivity contribution in [2.75, 3.05) is 0 Å². The van der Waals surface area contributed by atoms with Gasteiger partial charge in [-0.2, -0.15) is 0 Å². The van der Waals surface area contributed by atoms with Crippen molar-refractivity contribution in [2.45, 2.75) is 0 Å². The van der Waals surface area contributed by atoms with Crippen LogP contribution in [0.1, 0.15) is 0 Å². The number of hydrogen-bond acceptors (Lipinski definition) is 8. The summed E-state index contributed by atoms with van der Waals surface area (Å²) < 4.78 is 68.8. The molecule has 0 heterocycles. The SMILES string of the molecule is [Ca+2].[Ca+2].[O]=[Cr](=[O])([O-])[O-].[O]=[Cr](=[O])([O-])[O-]. The summed E-state index contributed by atoms with van der Waals surface area (Å²) in [5.41, 5.74) is 0. The van der Waals surface area contributed by atoms with Crippen LogP contribution in [0.4, 0.5) is 0 Å². The minimum absolute atomic E-state index is 0. The molecule has 12 heavy (non-hydrogen) atoms. The van der Waals surface area contributed by atoms with Crippen molar-refractivity contribution in [3.05, 3.63) is 0 Å². The topological polar surface area (TPSA) is 161 Å². The van der Waals surface area contributed by atoms with Gasteiger partial charge in [0, 0.05) is 0 Å². The summed E-state index contributed by atoms with van der Waals surface area (Å²) in [6.45, 7) is 0. The average Bonchev–Trinajstić information content (AvgIpc) is 1.12. The molecule has 0 fully saturated rings.